The van der Waals surface area contributed by atoms with Gasteiger partial charge >= 0.3 is 0 Å². The van der Waals surface area contributed by atoms with Crippen LogP contribution in [0.5, 0.6) is 0 Å². The van der Waals surface area contributed by atoms with E-state index >= 15 is 0 Å². The summed E-state index contributed by atoms with van der Waals surface area (Å²) in [6.07, 6.45) is 7.31. The lowest BCUT2D eigenvalue weighted by Gasteiger charge is -2.26. The largest absolute Gasteiger partial charge is 0.448 e. The highest BCUT2D eigenvalue weighted by atomic mass is 16.3. The molecule has 0 amide bonds. The molecule has 7 heteroatoms. The Bertz CT molecular complexity index is 858. The highest BCUT2D eigenvalue weighted by molar-refractivity contribution is 5.53. The van der Waals surface area contributed by atoms with Gasteiger partial charge in [-0.3, -0.25) is 14.7 Å². The molecule has 4 rings (SSSR count). The van der Waals surface area contributed by atoms with Gasteiger partial charge in [0.15, 0.2) is 0 Å². The molecule has 0 fully saturated rings. The van der Waals surface area contributed by atoms with Crippen molar-refractivity contribution in [3.8, 4) is 11.4 Å². The molecular weight excluding hydrogens is 294 g/mol. The summed E-state index contributed by atoms with van der Waals surface area (Å²) in [5.41, 5.74) is 2.30. The Kier molecular flexibility index (Phi) is 3.47. The first-order chi connectivity index (χ1) is 11.3. The van der Waals surface area contributed by atoms with Crippen molar-refractivity contribution < 1.29 is 4.42 Å². The maximum atomic E-state index is 12.4. The zero-order chi connectivity index (χ0) is 15.6. The van der Waals surface area contributed by atoms with Gasteiger partial charge < -0.3 is 9.40 Å². The molecule has 0 bridgehead atoms. The number of pyridine rings is 1. The molecule has 0 atom stereocenters. The molecule has 1 aliphatic rings. The van der Waals surface area contributed by atoms with Crippen LogP contribution in [-0.2, 0) is 19.5 Å². The molecule has 0 spiro atoms. The predicted molar refractivity (Wildman–Crippen MR) is 82.4 cm³/mol. The van der Waals surface area contributed by atoms with E-state index in [9.17, 15) is 4.79 Å². The number of fused-ring (bicyclic) bond motifs is 1. The Morgan fingerprint density at radius 1 is 1.35 bits per heavy atom. The van der Waals surface area contributed by atoms with Gasteiger partial charge in [-0.2, -0.15) is 0 Å². The Morgan fingerprint density at radius 2 is 2.30 bits per heavy atom. The van der Waals surface area contributed by atoms with Gasteiger partial charge in [0.2, 0.25) is 5.89 Å². The number of aromatic nitrogens is 4. The standard InChI is InChI=1S/C16H15N5O2/c22-16-12-9-21(10-14-18-5-7-23-14)6-3-13(12)19-15(20-16)11-2-1-4-17-8-11/h1-2,4-5,7-8H,3,6,9-10H2,(H,19,20,22). The average Bonchev–Trinajstić information content (AvgIpc) is 3.09. The monoisotopic (exact) mass is 309 g/mol. The molecule has 1 aliphatic heterocycles. The van der Waals surface area contributed by atoms with Crippen molar-refractivity contribution in [2.75, 3.05) is 6.54 Å². The van der Waals surface area contributed by atoms with E-state index in [2.05, 4.69) is 24.8 Å². The predicted octanol–water partition coefficient (Wildman–Crippen LogP) is 1.38. The fourth-order valence-corrected chi connectivity index (χ4v) is 2.78. The van der Waals surface area contributed by atoms with Crippen LogP contribution in [0.15, 0.2) is 46.2 Å². The van der Waals surface area contributed by atoms with E-state index in [1.165, 1.54) is 0 Å². The minimum absolute atomic E-state index is 0.0917. The van der Waals surface area contributed by atoms with E-state index in [-0.39, 0.29) is 5.56 Å². The molecule has 7 nitrogen and oxygen atoms in total. The van der Waals surface area contributed by atoms with E-state index < -0.39 is 0 Å². The number of rotatable bonds is 3. The fraction of sp³-hybridized carbons (Fsp3) is 0.250. The quantitative estimate of drug-likeness (QED) is 0.786. The summed E-state index contributed by atoms with van der Waals surface area (Å²) in [7, 11) is 0. The molecule has 0 radical (unpaired) electrons. The normalized spacial score (nSPS) is 14.6. The molecule has 0 unspecified atom stereocenters. The molecule has 3 aromatic heterocycles. The molecule has 1 N–H and O–H groups in total. The average molecular weight is 309 g/mol. The lowest BCUT2D eigenvalue weighted by Crippen LogP contribution is -2.35. The summed E-state index contributed by atoms with van der Waals surface area (Å²) >= 11 is 0. The number of hydrogen-bond donors (Lipinski definition) is 1. The highest BCUT2D eigenvalue weighted by Crippen LogP contribution is 2.19. The maximum absolute atomic E-state index is 12.4. The van der Waals surface area contributed by atoms with Crippen LogP contribution in [0.3, 0.4) is 0 Å². The van der Waals surface area contributed by atoms with Crippen molar-refractivity contribution in [2.24, 2.45) is 0 Å². The van der Waals surface area contributed by atoms with Gasteiger partial charge in [-0.15, -0.1) is 0 Å². The Balaban J connectivity index is 1.62. The van der Waals surface area contributed by atoms with Crippen LogP contribution in [0, 0.1) is 0 Å². The van der Waals surface area contributed by atoms with Crippen LogP contribution in [0.2, 0.25) is 0 Å². The van der Waals surface area contributed by atoms with Crippen LogP contribution in [0.4, 0.5) is 0 Å². The van der Waals surface area contributed by atoms with Gasteiger partial charge in [0, 0.05) is 37.5 Å². The van der Waals surface area contributed by atoms with Crippen molar-refractivity contribution in [3.63, 3.8) is 0 Å². The van der Waals surface area contributed by atoms with Crippen LogP contribution >= 0.6 is 0 Å². The molecule has 4 heterocycles. The zero-order valence-corrected chi connectivity index (χ0v) is 12.4. The lowest BCUT2D eigenvalue weighted by molar-refractivity contribution is 0.218. The van der Waals surface area contributed by atoms with Crippen molar-refractivity contribution in [3.05, 3.63) is 64.5 Å². The SMILES string of the molecule is O=c1[nH]c(-c2cccnc2)nc2c1CN(Cc1ncco1)CC2. The molecule has 116 valence electrons. The third-order valence-electron chi connectivity index (χ3n) is 3.92. The van der Waals surface area contributed by atoms with Crippen molar-refractivity contribution >= 4 is 0 Å². The van der Waals surface area contributed by atoms with Gasteiger partial charge in [0.1, 0.15) is 12.1 Å². The first kappa shape index (κ1) is 13.8. The highest BCUT2D eigenvalue weighted by Gasteiger charge is 2.22. The molecule has 3 aromatic rings. The third-order valence-corrected chi connectivity index (χ3v) is 3.92. The summed E-state index contributed by atoms with van der Waals surface area (Å²) in [6.45, 7) is 1.96. The van der Waals surface area contributed by atoms with Crippen molar-refractivity contribution in [1.82, 2.24) is 24.8 Å². The summed E-state index contributed by atoms with van der Waals surface area (Å²) in [5, 5.41) is 0. The van der Waals surface area contributed by atoms with Crippen molar-refractivity contribution in [2.45, 2.75) is 19.5 Å². The first-order valence-corrected chi connectivity index (χ1v) is 7.43. The molecule has 0 saturated heterocycles. The lowest BCUT2D eigenvalue weighted by atomic mass is 10.1. The number of nitrogens with one attached hydrogen (secondary N) is 1. The summed E-state index contributed by atoms with van der Waals surface area (Å²) in [6, 6.07) is 3.71. The van der Waals surface area contributed by atoms with Crippen molar-refractivity contribution in [1.29, 1.82) is 0 Å². The van der Waals surface area contributed by atoms with E-state index in [0.29, 0.717) is 24.8 Å². The third kappa shape index (κ3) is 2.78. The van der Waals surface area contributed by atoms with Crippen LogP contribution in [-0.4, -0.2) is 31.4 Å². The second kappa shape index (κ2) is 5.77. The molecule has 23 heavy (non-hydrogen) atoms. The topological polar surface area (TPSA) is 87.9 Å². The van der Waals surface area contributed by atoms with Gasteiger partial charge in [0.05, 0.1) is 24.0 Å². The minimum atomic E-state index is -0.0917. The molecular formula is C16H15N5O2. The Labute approximate surface area is 132 Å². The number of aromatic amines is 1. The molecule has 0 aliphatic carbocycles. The number of hydrogen-bond acceptors (Lipinski definition) is 6. The van der Waals surface area contributed by atoms with Gasteiger partial charge in [-0.1, -0.05) is 0 Å². The van der Waals surface area contributed by atoms with Gasteiger partial charge in [-0.25, -0.2) is 9.97 Å². The zero-order valence-electron chi connectivity index (χ0n) is 12.4. The van der Waals surface area contributed by atoms with E-state index in [1.54, 1.807) is 24.9 Å². The Hall–Kier alpha value is -2.80. The van der Waals surface area contributed by atoms with E-state index in [1.807, 2.05) is 12.1 Å². The van der Waals surface area contributed by atoms with E-state index in [4.69, 9.17) is 4.42 Å². The second-order valence-electron chi connectivity index (χ2n) is 5.47. The minimum Gasteiger partial charge on any atom is -0.448 e. The van der Waals surface area contributed by atoms with E-state index in [0.717, 1.165) is 29.8 Å². The smallest absolute Gasteiger partial charge is 0.255 e. The number of oxazole rings is 1. The molecule has 0 saturated carbocycles. The summed E-state index contributed by atoms with van der Waals surface area (Å²) in [4.78, 5) is 30.2. The van der Waals surface area contributed by atoms with Crippen LogP contribution in [0.1, 0.15) is 17.1 Å². The maximum Gasteiger partial charge on any atom is 0.255 e. The van der Waals surface area contributed by atoms with Gasteiger partial charge in [0.25, 0.3) is 5.56 Å². The fourth-order valence-electron chi connectivity index (χ4n) is 2.78. The van der Waals surface area contributed by atoms with Crippen LogP contribution < -0.4 is 5.56 Å². The summed E-state index contributed by atoms with van der Waals surface area (Å²) < 4.78 is 5.27. The Morgan fingerprint density at radius 3 is 3.09 bits per heavy atom. The second-order valence-corrected chi connectivity index (χ2v) is 5.47. The van der Waals surface area contributed by atoms with Crippen LogP contribution in [0.25, 0.3) is 11.4 Å². The number of H-pyrrole nitrogens is 1. The van der Waals surface area contributed by atoms with Gasteiger partial charge in [-0.05, 0) is 12.1 Å². The first-order valence-electron chi connectivity index (χ1n) is 7.43. The number of nitrogens with zero attached hydrogens (tertiary/aromatic N) is 4. The molecule has 0 aromatic carbocycles. The summed E-state index contributed by atoms with van der Waals surface area (Å²) in [5.74, 6) is 1.23.